The van der Waals surface area contributed by atoms with E-state index in [1.807, 2.05) is 4.90 Å². The number of carboxylic acid groups (broad SMARTS) is 1. The van der Waals surface area contributed by atoms with Crippen molar-refractivity contribution in [3.63, 3.8) is 0 Å². The van der Waals surface area contributed by atoms with Crippen molar-refractivity contribution in [1.29, 1.82) is 0 Å². The van der Waals surface area contributed by atoms with E-state index in [0.29, 0.717) is 19.4 Å². The Morgan fingerprint density at radius 3 is 2.86 bits per heavy atom. The summed E-state index contributed by atoms with van der Waals surface area (Å²) in [7, 11) is 0. The van der Waals surface area contributed by atoms with Crippen molar-refractivity contribution in [2.45, 2.75) is 50.9 Å². The lowest BCUT2D eigenvalue weighted by Gasteiger charge is -2.36. The first-order valence-corrected chi connectivity index (χ1v) is 8.24. The van der Waals surface area contributed by atoms with Crippen LogP contribution in [0.25, 0.3) is 0 Å². The minimum atomic E-state index is -0.976. The van der Waals surface area contributed by atoms with Crippen molar-refractivity contribution in [3.8, 4) is 0 Å². The van der Waals surface area contributed by atoms with Gasteiger partial charge in [-0.2, -0.15) is 0 Å². The van der Waals surface area contributed by atoms with Gasteiger partial charge in [-0.25, -0.2) is 4.79 Å². The fourth-order valence-electron chi connectivity index (χ4n) is 3.29. The number of nitrogens with zero attached hydrogens (tertiary/aromatic N) is 1. The van der Waals surface area contributed by atoms with Gasteiger partial charge in [0.25, 0.3) is 5.91 Å². The third kappa shape index (κ3) is 2.58. The number of rotatable bonds is 3. The number of thiophene rings is 1. The molecule has 3 rings (SSSR count). The lowest BCUT2D eigenvalue weighted by atomic mass is 9.97. The number of aliphatic carboxylic acids is 1. The van der Waals surface area contributed by atoms with E-state index in [1.165, 1.54) is 10.4 Å². The Morgan fingerprint density at radius 2 is 2.19 bits per heavy atom. The van der Waals surface area contributed by atoms with Crippen LogP contribution in [0.15, 0.2) is 11.4 Å². The van der Waals surface area contributed by atoms with Crippen molar-refractivity contribution in [3.05, 3.63) is 21.9 Å². The van der Waals surface area contributed by atoms with Crippen LogP contribution in [0, 0.1) is 0 Å². The molecule has 114 valence electrons. The Morgan fingerprint density at radius 1 is 1.43 bits per heavy atom. The second kappa shape index (κ2) is 5.77. The van der Waals surface area contributed by atoms with Gasteiger partial charge in [0.05, 0.1) is 6.04 Å². The van der Waals surface area contributed by atoms with Gasteiger partial charge >= 0.3 is 5.97 Å². The average molecular weight is 309 g/mol. The molecule has 0 bridgehead atoms. The third-order valence-electron chi connectivity index (χ3n) is 4.34. The molecule has 5 nitrogen and oxygen atoms in total. The highest BCUT2D eigenvalue weighted by atomic mass is 32.1. The summed E-state index contributed by atoms with van der Waals surface area (Å²) in [5, 5.41) is 11.1. The molecule has 1 amide bonds. The second-order valence-corrected chi connectivity index (χ2v) is 6.53. The van der Waals surface area contributed by atoms with E-state index in [1.54, 1.807) is 11.3 Å². The quantitative estimate of drug-likeness (QED) is 0.929. The van der Waals surface area contributed by atoms with E-state index in [9.17, 15) is 9.59 Å². The molecule has 1 aromatic rings. The van der Waals surface area contributed by atoms with Crippen LogP contribution >= 0.6 is 11.3 Å². The monoisotopic (exact) mass is 309 g/mol. The van der Waals surface area contributed by atoms with Crippen molar-refractivity contribution in [1.82, 2.24) is 4.90 Å². The summed E-state index contributed by atoms with van der Waals surface area (Å²) in [6, 6.07) is 2.20. The van der Waals surface area contributed by atoms with E-state index >= 15 is 0 Å². The number of carboxylic acids is 1. The molecule has 21 heavy (non-hydrogen) atoms. The predicted molar refractivity (Wildman–Crippen MR) is 78.3 cm³/mol. The number of carbonyl (C=O) groups excluding carboxylic acids is 1. The summed E-state index contributed by atoms with van der Waals surface area (Å²) >= 11 is 1.75. The molecule has 1 unspecified atom stereocenters. The zero-order valence-electron chi connectivity index (χ0n) is 11.9. The molecule has 3 heterocycles. The average Bonchev–Trinajstić information content (AvgIpc) is 3.13. The van der Waals surface area contributed by atoms with Crippen LogP contribution in [-0.2, 0) is 20.7 Å². The fraction of sp³-hybridized carbons (Fsp3) is 0.600. The standard InChI is InChI=1S/C15H19NO4S/c1-2-10-9-6-8-21-13(9)5-7-16(10)14(17)11-3-4-12(20-11)15(18)19/h6,8,10-12H,2-5,7H2,1H3,(H,18,19)/t10?,11-,12+/m0/s1. The van der Waals surface area contributed by atoms with Crippen molar-refractivity contribution >= 4 is 23.2 Å². The maximum atomic E-state index is 12.7. The van der Waals surface area contributed by atoms with Gasteiger partial charge in [-0.3, -0.25) is 4.79 Å². The van der Waals surface area contributed by atoms with Gasteiger partial charge in [-0.15, -0.1) is 11.3 Å². The maximum absolute atomic E-state index is 12.7. The topological polar surface area (TPSA) is 66.8 Å². The molecule has 0 aromatic carbocycles. The summed E-state index contributed by atoms with van der Waals surface area (Å²) in [5.74, 6) is -1.03. The molecule has 2 aliphatic heterocycles. The minimum absolute atomic E-state index is 0.0533. The molecule has 6 heteroatoms. The highest BCUT2D eigenvalue weighted by molar-refractivity contribution is 7.10. The van der Waals surface area contributed by atoms with Crippen LogP contribution < -0.4 is 0 Å². The third-order valence-corrected chi connectivity index (χ3v) is 5.33. The second-order valence-electron chi connectivity index (χ2n) is 5.53. The lowest BCUT2D eigenvalue weighted by molar-refractivity contribution is -0.156. The summed E-state index contributed by atoms with van der Waals surface area (Å²) in [4.78, 5) is 26.9. The Hall–Kier alpha value is -1.40. The molecule has 2 aliphatic rings. The minimum Gasteiger partial charge on any atom is -0.479 e. The zero-order chi connectivity index (χ0) is 15.0. The summed E-state index contributed by atoms with van der Waals surface area (Å²) < 4.78 is 5.41. The molecule has 0 saturated carbocycles. The van der Waals surface area contributed by atoms with Crippen LogP contribution in [0.3, 0.4) is 0 Å². The molecule has 0 spiro atoms. The molecule has 0 radical (unpaired) electrons. The van der Waals surface area contributed by atoms with Gasteiger partial charge in [0, 0.05) is 11.4 Å². The number of hydrogen-bond acceptors (Lipinski definition) is 4. The van der Waals surface area contributed by atoms with Gasteiger partial charge in [0.1, 0.15) is 6.10 Å². The van der Waals surface area contributed by atoms with E-state index in [0.717, 1.165) is 12.8 Å². The zero-order valence-corrected chi connectivity index (χ0v) is 12.8. The number of carbonyl (C=O) groups is 2. The summed E-state index contributed by atoms with van der Waals surface area (Å²) in [5.41, 5.74) is 1.25. The smallest absolute Gasteiger partial charge is 0.332 e. The van der Waals surface area contributed by atoms with Crippen molar-refractivity contribution in [2.24, 2.45) is 0 Å². The molecule has 1 N–H and O–H groups in total. The summed E-state index contributed by atoms with van der Waals surface area (Å²) in [6.45, 7) is 2.77. The Balaban J connectivity index is 1.75. The first-order chi connectivity index (χ1) is 10.1. The van der Waals surface area contributed by atoms with E-state index in [-0.39, 0.29) is 11.9 Å². The normalized spacial score (nSPS) is 28.4. The number of hydrogen-bond donors (Lipinski definition) is 1. The highest BCUT2D eigenvalue weighted by Gasteiger charge is 2.40. The van der Waals surface area contributed by atoms with E-state index in [2.05, 4.69) is 18.4 Å². The van der Waals surface area contributed by atoms with Crippen LogP contribution in [0.5, 0.6) is 0 Å². The Kier molecular flexibility index (Phi) is 3.99. The van der Waals surface area contributed by atoms with Gasteiger partial charge in [-0.1, -0.05) is 6.92 Å². The molecular formula is C15H19NO4S. The van der Waals surface area contributed by atoms with E-state index in [4.69, 9.17) is 9.84 Å². The van der Waals surface area contributed by atoms with Gasteiger partial charge in [-0.05, 0) is 42.7 Å². The molecule has 0 aliphatic carbocycles. The fourth-order valence-corrected chi connectivity index (χ4v) is 4.21. The van der Waals surface area contributed by atoms with Gasteiger partial charge < -0.3 is 14.7 Å². The van der Waals surface area contributed by atoms with Crippen molar-refractivity contribution in [2.75, 3.05) is 6.54 Å². The predicted octanol–water partition coefficient (Wildman–Crippen LogP) is 2.22. The first-order valence-electron chi connectivity index (χ1n) is 7.36. The van der Waals surface area contributed by atoms with Crippen LogP contribution in [0.1, 0.15) is 42.7 Å². The first kappa shape index (κ1) is 14.5. The number of amides is 1. The Bertz CT molecular complexity index is 556. The maximum Gasteiger partial charge on any atom is 0.332 e. The number of ether oxygens (including phenoxy) is 1. The molecule has 3 atom stereocenters. The molecule has 1 saturated heterocycles. The van der Waals surface area contributed by atoms with Crippen LogP contribution in [-0.4, -0.2) is 40.6 Å². The van der Waals surface area contributed by atoms with Gasteiger partial charge in [0.2, 0.25) is 0 Å². The summed E-state index contributed by atoms with van der Waals surface area (Å²) in [6.07, 6.45) is 1.23. The lowest BCUT2D eigenvalue weighted by Crippen LogP contribution is -2.44. The SMILES string of the molecule is CCC1c2ccsc2CCN1C(=O)[C@@H]1CC[C@H](C(=O)O)O1. The molecule has 1 fully saturated rings. The van der Waals surface area contributed by atoms with Crippen molar-refractivity contribution < 1.29 is 19.4 Å². The Labute approximate surface area is 127 Å². The highest BCUT2D eigenvalue weighted by Crippen LogP contribution is 2.36. The van der Waals surface area contributed by atoms with E-state index < -0.39 is 18.2 Å². The van der Waals surface area contributed by atoms with Gasteiger partial charge in [0.15, 0.2) is 6.10 Å². The number of fused-ring (bicyclic) bond motifs is 1. The largest absolute Gasteiger partial charge is 0.479 e. The molecular weight excluding hydrogens is 290 g/mol. The van der Waals surface area contributed by atoms with Crippen LogP contribution in [0.2, 0.25) is 0 Å². The molecule has 1 aromatic heterocycles. The van der Waals surface area contributed by atoms with Crippen LogP contribution in [0.4, 0.5) is 0 Å².